The number of aliphatic hydroxyl groups is 4. The van der Waals surface area contributed by atoms with Gasteiger partial charge < -0.3 is 29.6 Å². The molecule has 0 saturated heterocycles. The van der Waals surface area contributed by atoms with E-state index in [-0.39, 0.29) is 57.3 Å². The second-order valence-corrected chi connectivity index (χ2v) is 21.5. The molecule has 10 rings (SSSR count). The van der Waals surface area contributed by atoms with Crippen molar-refractivity contribution < 1.29 is 34.4 Å². The number of carbonyl (C=O) groups excluding carboxylic acids is 1. The van der Waals surface area contributed by atoms with Crippen LogP contribution in [0.15, 0.2) is 39.3 Å². The number of esters is 1. The number of aliphatic hydroxyl groups excluding tert-OH is 2. The zero-order chi connectivity index (χ0) is 38.8. The first-order chi connectivity index (χ1) is 26.1. The van der Waals surface area contributed by atoms with Crippen molar-refractivity contribution in [1.82, 2.24) is 0 Å². The van der Waals surface area contributed by atoms with E-state index in [2.05, 4.69) is 27.7 Å². The molecule has 304 valence electrons. The van der Waals surface area contributed by atoms with Crippen molar-refractivity contribution in [3.05, 3.63) is 46.0 Å². The molecule has 2 heterocycles. The number of hydrogen-bond donors (Lipinski definition) is 4. The van der Waals surface area contributed by atoms with Crippen LogP contribution in [-0.2, 0) is 9.53 Å². The molecule has 1 aromatic rings. The van der Waals surface area contributed by atoms with Gasteiger partial charge in [-0.05, 0) is 191 Å². The van der Waals surface area contributed by atoms with Crippen LogP contribution >= 0.6 is 0 Å². The van der Waals surface area contributed by atoms with Crippen LogP contribution in [0.25, 0.3) is 0 Å². The Morgan fingerprint density at radius 1 is 0.600 bits per heavy atom. The summed E-state index contributed by atoms with van der Waals surface area (Å²) in [4.78, 5) is 23.0. The van der Waals surface area contributed by atoms with Gasteiger partial charge in [0.1, 0.15) is 6.61 Å². The molecular weight excluding hydrogens is 693 g/mol. The Labute approximate surface area is 327 Å². The van der Waals surface area contributed by atoms with Crippen molar-refractivity contribution in [1.29, 1.82) is 0 Å². The van der Waals surface area contributed by atoms with Crippen LogP contribution in [0.2, 0.25) is 0 Å². The highest BCUT2D eigenvalue weighted by Crippen LogP contribution is 2.72. The lowest BCUT2D eigenvalue weighted by Crippen LogP contribution is -2.62. The fourth-order valence-electron chi connectivity index (χ4n) is 16.7. The molecule has 0 spiro atoms. The molecule has 1 aromatic heterocycles. The number of rotatable bonds is 2. The maximum absolute atomic E-state index is 12.2. The first-order valence-electron chi connectivity index (χ1n) is 22.3. The average molecular weight is 761 g/mol. The summed E-state index contributed by atoms with van der Waals surface area (Å²) in [6.07, 6.45) is 21.5. The lowest BCUT2D eigenvalue weighted by molar-refractivity contribution is -0.208. The molecular formula is C47H68O8. The Hall–Kier alpha value is -2.00. The molecule has 1 aliphatic heterocycles. The smallest absolute Gasteiger partial charge is 0.335 e. The van der Waals surface area contributed by atoms with Crippen LogP contribution in [0, 0.1) is 63.1 Å². The molecule has 0 amide bonds. The highest BCUT2D eigenvalue weighted by Gasteiger charge is 2.69. The number of cyclic esters (lactones) is 1. The summed E-state index contributed by atoms with van der Waals surface area (Å²) in [6, 6.07) is 3.42. The zero-order valence-corrected chi connectivity index (χ0v) is 33.9. The highest BCUT2D eigenvalue weighted by molar-refractivity contribution is 5.85. The molecule has 9 aliphatic rings. The van der Waals surface area contributed by atoms with Gasteiger partial charge in [-0.2, -0.15) is 0 Å². The SMILES string of the molecule is CC12CCC(O)CC1CCC1C2CCC2(C)C(C3=CC(=O)OC3)CCC12O.CC12CCC(O)CC1CCC1C2CCC2(C)C(c3ccc(=O)oc3)CCC12O. The van der Waals surface area contributed by atoms with E-state index in [0.717, 1.165) is 114 Å². The van der Waals surface area contributed by atoms with Gasteiger partial charge in [0.05, 0.1) is 29.7 Å². The van der Waals surface area contributed by atoms with Crippen molar-refractivity contribution >= 4 is 5.97 Å². The molecule has 16 atom stereocenters. The molecule has 8 aliphatic carbocycles. The van der Waals surface area contributed by atoms with E-state index < -0.39 is 11.2 Å². The van der Waals surface area contributed by atoms with E-state index in [9.17, 15) is 30.0 Å². The van der Waals surface area contributed by atoms with Crippen LogP contribution < -0.4 is 5.63 Å². The quantitative estimate of drug-likeness (QED) is 0.224. The maximum Gasteiger partial charge on any atom is 0.335 e. The highest BCUT2D eigenvalue weighted by atomic mass is 16.5. The van der Waals surface area contributed by atoms with Crippen LogP contribution in [0.5, 0.6) is 0 Å². The van der Waals surface area contributed by atoms with Gasteiger partial charge >= 0.3 is 11.6 Å². The van der Waals surface area contributed by atoms with Gasteiger partial charge in [-0.25, -0.2) is 9.59 Å². The molecule has 16 unspecified atom stereocenters. The van der Waals surface area contributed by atoms with E-state index in [4.69, 9.17) is 9.15 Å². The third-order valence-corrected chi connectivity index (χ3v) is 19.9. The van der Waals surface area contributed by atoms with Gasteiger partial charge in [-0.1, -0.05) is 27.7 Å². The summed E-state index contributed by atoms with van der Waals surface area (Å²) in [5.41, 5.74) is 0.820. The van der Waals surface area contributed by atoms with Crippen molar-refractivity contribution in [3.8, 4) is 0 Å². The van der Waals surface area contributed by atoms with Gasteiger partial charge in [0.25, 0.3) is 0 Å². The zero-order valence-electron chi connectivity index (χ0n) is 33.9. The third kappa shape index (κ3) is 5.55. The van der Waals surface area contributed by atoms with E-state index >= 15 is 0 Å². The number of fused-ring (bicyclic) bond motifs is 10. The molecule has 8 fully saturated rings. The predicted octanol–water partition coefficient (Wildman–Crippen LogP) is 7.85. The lowest BCUT2D eigenvalue weighted by atomic mass is 9.43. The average Bonchev–Trinajstić information content (AvgIpc) is 3.79. The van der Waals surface area contributed by atoms with Crippen molar-refractivity contribution in [2.45, 2.75) is 173 Å². The maximum atomic E-state index is 12.2. The Morgan fingerprint density at radius 2 is 1.13 bits per heavy atom. The summed E-state index contributed by atoms with van der Waals surface area (Å²) in [5.74, 6) is 3.35. The molecule has 8 saturated carbocycles. The van der Waals surface area contributed by atoms with Crippen LogP contribution in [0.4, 0.5) is 0 Å². The Balaban J connectivity index is 0.000000144. The Kier molecular flexibility index (Phi) is 9.28. The summed E-state index contributed by atoms with van der Waals surface area (Å²) in [6.45, 7) is 9.88. The first kappa shape index (κ1) is 38.5. The minimum atomic E-state index is -0.638. The second-order valence-electron chi connectivity index (χ2n) is 21.5. The van der Waals surface area contributed by atoms with Gasteiger partial charge in [0.2, 0.25) is 0 Å². The minimum absolute atomic E-state index is 0.126. The van der Waals surface area contributed by atoms with Crippen molar-refractivity contribution in [3.63, 3.8) is 0 Å². The molecule has 0 aromatic carbocycles. The van der Waals surface area contributed by atoms with Gasteiger partial charge in [-0.3, -0.25) is 0 Å². The summed E-state index contributed by atoms with van der Waals surface area (Å²) in [7, 11) is 0. The van der Waals surface area contributed by atoms with E-state index in [1.165, 1.54) is 18.9 Å². The number of carbonyl (C=O) groups is 1. The second kappa shape index (κ2) is 13.3. The van der Waals surface area contributed by atoms with Gasteiger partial charge in [0, 0.05) is 23.0 Å². The molecule has 8 heteroatoms. The van der Waals surface area contributed by atoms with E-state index in [1.807, 2.05) is 6.07 Å². The molecule has 0 radical (unpaired) electrons. The fraction of sp³-hybridized carbons (Fsp3) is 0.830. The molecule has 4 N–H and O–H groups in total. The van der Waals surface area contributed by atoms with Crippen molar-refractivity contribution in [2.75, 3.05) is 6.61 Å². The summed E-state index contributed by atoms with van der Waals surface area (Å²) in [5, 5.41) is 44.7. The standard InChI is InChI=1S/C24H34O4.C23H34O4/c1-22-10-7-17(25)13-16(22)4-5-20-19(22)8-11-23(2)18(9-12-24(20,23)27)15-3-6-21(26)28-14-15;1-21-8-5-16(24)12-15(21)3-4-19-18(21)6-9-22(2)17(7-10-23(19,22)26)14-11-20(25)27-13-14/h3,6,14,16-20,25,27H,4-5,7-13H2,1-2H3;11,15-19,24,26H,3-10,12-13H2,1-2H3. The van der Waals surface area contributed by atoms with Crippen molar-refractivity contribution in [2.24, 2.45) is 63.1 Å². The monoisotopic (exact) mass is 760 g/mol. The summed E-state index contributed by atoms with van der Waals surface area (Å²) < 4.78 is 10.4. The lowest BCUT2D eigenvalue weighted by Gasteiger charge is -2.63. The Morgan fingerprint density at radius 3 is 1.62 bits per heavy atom. The van der Waals surface area contributed by atoms with Gasteiger partial charge in [0.15, 0.2) is 0 Å². The van der Waals surface area contributed by atoms with Crippen LogP contribution in [0.3, 0.4) is 0 Å². The Bertz CT molecular complexity index is 1730. The minimum Gasteiger partial charge on any atom is -0.458 e. The van der Waals surface area contributed by atoms with Gasteiger partial charge in [-0.15, -0.1) is 0 Å². The van der Waals surface area contributed by atoms with E-state index in [0.29, 0.717) is 42.1 Å². The molecule has 0 bridgehead atoms. The van der Waals surface area contributed by atoms with Crippen LogP contribution in [0.1, 0.15) is 155 Å². The fourth-order valence-corrected chi connectivity index (χ4v) is 16.7. The largest absolute Gasteiger partial charge is 0.458 e. The normalized spacial score (nSPS) is 52.5. The number of ether oxygens (including phenoxy) is 1. The number of hydrogen-bond acceptors (Lipinski definition) is 8. The predicted molar refractivity (Wildman–Crippen MR) is 209 cm³/mol. The molecule has 8 nitrogen and oxygen atoms in total. The third-order valence-electron chi connectivity index (χ3n) is 19.9. The topological polar surface area (TPSA) is 137 Å². The van der Waals surface area contributed by atoms with Crippen LogP contribution in [-0.4, -0.2) is 56.4 Å². The molecule has 55 heavy (non-hydrogen) atoms. The summed E-state index contributed by atoms with van der Waals surface area (Å²) >= 11 is 0. The first-order valence-corrected chi connectivity index (χ1v) is 22.3. The van der Waals surface area contributed by atoms with E-state index in [1.54, 1.807) is 12.3 Å².